The van der Waals surface area contributed by atoms with Crippen molar-refractivity contribution < 1.29 is 14.3 Å². The van der Waals surface area contributed by atoms with Gasteiger partial charge in [0.25, 0.3) is 0 Å². The van der Waals surface area contributed by atoms with Crippen LogP contribution in [0.4, 0.5) is 0 Å². The highest BCUT2D eigenvalue weighted by molar-refractivity contribution is 5.75. The Kier molecular flexibility index (Phi) is 1.29. The molecule has 2 rings (SSSR count). The summed E-state index contributed by atoms with van der Waals surface area (Å²) in [5.74, 6) is 0.563. The van der Waals surface area contributed by atoms with E-state index < -0.39 is 0 Å². The molecule has 0 N–H and O–H groups in total. The molecule has 1 atom stereocenters. The Labute approximate surface area is 65.0 Å². The lowest BCUT2D eigenvalue weighted by atomic mass is 10.1. The molecule has 0 saturated carbocycles. The molecule has 2 aliphatic heterocycles. The molecule has 0 bridgehead atoms. The zero-order chi connectivity index (χ0) is 7.90. The largest absolute Gasteiger partial charge is 0.428 e. The van der Waals surface area contributed by atoms with E-state index in [0.29, 0.717) is 13.0 Å². The minimum atomic E-state index is -0.230. The number of epoxide rings is 1. The normalized spacial score (nSPS) is 35.0. The molecule has 0 amide bonds. The van der Waals surface area contributed by atoms with E-state index in [9.17, 15) is 4.79 Å². The quantitative estimate of drug-likeness (QED) is 0.440. The fourth-order valence-electron chi connectivity index (χ4n) is 1.27. The molecule has 1 saturated heterocycles. The zero-order valence-corrected chi connectivity index (χ0v) is 6.42. The van der Waals surface area contributed by atoms with Crippen LogP contribution in [0.25, 0.3) is 0 Å². The number of rotatable bonds is 2. The maximum atomic E-state index is 10.7. The topological polar surface area (TPSA) is 38.8 Å². The predicted octanol–water partition coefficient (Wildman–Crippen LogP) is 0.996. The van der Waals surface area contributed by atoms with Gasteiger partial charge in [0.15, 0.2) is 0 Å². The summed E-state index contributed by atoms with van der Waals surface area (Å²) < 4.78 is 10.2. The van der Waals surface area contributed by atoms with E-state index in [1.54, 1.807) is 0 Å². The van der Waals surface area contributed by atoms with Crippen LogP contribution >= 0.6 is 0 Å². The van der Waals surface area contributed by atoms with Gasteiger partial charge in [-0.05, 0) is 12.5 Å². The molecule has 1 unspecified atom stereocenters. The number of hydrogen-bond acceptors (Lipinski definition) is 3. The van der Waals surface area contributed by atoms with Crippen molar-refractivity contribution in [1.82, 2.24) is 0 Å². The van der Waals surface area contributed by atoms with Crippen LogP contribution in [0.15, 0.2) is 11.8 Å². The second-order valence-electron chi connectivity index (χ2n) is 2.88. The van der Waals surface area contributed by atoms with Crippen molar-refractivity contribution >= 4 is 5.97 Å². The molecule has 60 valence electrons. The van der Waals surface area contributed by atoms with Gasteiger partial charge < -0.3 is 9.47 Å². The molecule has 2 heterocycles. The second kappa shape index (κ2) is 2.08. The number of carbonyl (C=O) groups is 1. The fraction of sp³-hybridized carbons (Fsp3) is 0.625. The second-order valence-corrected chi connectivity index (χ2v) is 2.88. The van der Waals surface area contributed by atoms with Gasteiger partial charge in [0, 0.05) is 0 Å². The molecular weight excluding hydrogens is 144 g/mol. The van der Waals surface area contributed by atoms with Crippen LogP contribution in [0.2, 0.25) is 0 Å². The van der Waals surface area contributed by atoms with Crippen LogP contribution in [0.1, 0.15) is 19.8 Å². The zero-order valence-electron chi connectivity index (χ0n) is 6.42. The molecule has 0 aromatic rings. The van der Waals surface area contributed by atoms with Crippen LogP contribution in [0.5, 0.6) is 0 Å². The Hall–Kier alpha value is -0.830. The van der Waals surface area contributed by atoms with E-state index in [1.807, 2.05) is 13.0 Å². The summed E-state index contributed by atoms with van der Waals surface area (Å²) in [6.07, 6.45) is 3.10. The highest BCUT2D eigenvalue weighted by atomic mass is 16.6. The van der Waals surface area contributed by atoms with E-state index in [0.717, 1.165) is 12.2 Å². The Morgan fingerprint density at radius 3 is 2.82 bits per heavy atom. The smallest absolute Gasteiger partial charge is 0.314 e. The number of hydrogen-bond donors (Lipinski definition) is 0. The van der Waals surface area contributed by atoms with E-state index in [1.165, 1.54) is 0 Å². The molecule has 0 radical (unpaired) electrons. The lowest BCUT2D eigenvalue weighted by molar-refractivity contribution is -0.137. The first kappa shape index (κ1) is 6.85. The van der Waals surface area contributed by atoms with Gasteiger partial charge in [-0.15, -0.1) is 0 Å². The molecule has 0 aliphatic carbocycles. The average Bonchev–Trinajstić information content (AvgIpc) is 2.70. The fourth-order valence-corrected chi connectivity index (χ4v) is 1.27. The monoisotopic (exact) mass is 154 g/mol. The molecule has 3 heteroatoms. The molecule has 0 aromatic carbocycles. The summed E-state index contributed by atoms with van der Waals surface area (Å²) >= 11 is 0. The van der Waals surface area contributed by atoms with Crippen LogP contribution in [0.3, 0.4) is 0 Å². The lowest BCUT2D eigenvalue weighted by Crippen LogP contribution is -2.14. The lowest BCUT2D eigenvalue weighted by Gasteiger charge is -2.08. The first-order valence-corrected chi connectivity index (χ1v) is 3.82. The first-order chi connectivity index (χ1) is 5.27. The molecule has 1 fully saturated rings. The molecule has 0 aromatic heterocycles. The standard InChI is InChI=1S/C8H10O3/c1-2-8(5-10-8)6-3-4-7(9)11-6/h3H,2,4-5H2,1H3. The molecule has 3 nitrogen and oxygen atoms in total. The van der Waals surface area contributed by atoms with E-state index >= 15 is 0 Å². The number of esters is 1. The van der Waals surface area contributed by atoms with Gasteiger partial charge in [-0.3, -0.25) is 4.79 Å². The minimum absolute atomic E-state index is 0.164. The molecule has 0 spiro atoms. The first-order valence-electron chi connectivity index (χ1n) is 3.82. The van der Waals surface area contributed by atoms with Crippen molar-refractivity contribution in [3.63, 3.8) is 0 Å². The maximum Gasteiger partial charge on any atom is 0.314 e. The van der Waals surface area contributed by atoms with Gasteiger partial charge in [0.1, 0.15) is 11.4 Å². The molecular formula is C8H10O3. The van der Waals surface area contributed by atoms with Crippen LogP contribution in [-0.4, -0.2) is 18.2 Å². The number of ether oxygens (including phenoxy) is 2. The third-order valence-corrected chi connectivity index (χ3v) is 2.19. The van der Waals surface area contributed by atoms with Gasteiger partial charge in [0.05, 0.1) is 13.0 Å². The number of carbonyl (C=O) groups excluding carboxylic acids is 1. The van der Waals surface area contributed by atoms with E-state index in [4.69, 9.17) is 9.47 Å². The Morgan fingerprint density at radius 1 is 1.73 bits per heavy atom. The van der Waals surface area contributed by atoms with Crippen molar-refractivity contribution in [3.8, 4) is 0 Å². The molecule has 11 heavy (non-hydrogen) atoms. The Morgan fingerprint density at radius 2 is 2.45 bits per heavy atom. The Balaban J connectivity index is 2.11. The SMILES string of the molecule is CCC1(C2=CCC(=O)O2)CO1. The van der Waals surface area contributed by atoms with Gasteiger partial charge in [-0.1, -0.05) is 6.92 Å². The van der Waals surface area contributed by atoms with Crippen molar-refractivity contribution in [2.24, 2.45) is 0 Å². The van der Waals surface area contributed by atoms with Crippen LogP contribution in [0, 0.1) is 0 Å². The van der Waals surface area contributed by atoms with E-state index in [2.05, 4.69) is 0 Å². The van der Waals surface area contributed by atoms with Gasteiger partial charge in [-0.25, -0.2) is 0 Å². The molecule has 2 aliphatic rings. The highest BCUT2D eigenvalue weighted by Crippen LogP contribution is 2.40. The van der Waals surface area contributed by atoms with Gasteiger partial charge >= 0.3 is 5.97 Å². The summed E-state index contributed by atoms with van der Waals surface area (Å²) in [7, 11) is 0. The summed E-state index contributed by atoms with van der Waals surface area (Å²) in [5, 5.41) is 0. The van der Waals surface area contributed by atoms with Crippen molar-refractivity contribution in [2.75, 3.05) is 6.61 Å². The third-order valence-electron chi connectivity index (χ3n) is 2.19. The van der Waals surface area contributed by atoms with Crippen LogP contribution < -0.4 is 0 Å². The highest BCUT2D eigenvalue weighted by Gasteiger charge is 2.50. The van der Waals surface area contributed by atoms with Crippen molar-refractivity contribution in [2.45, 2.75) is 25.4 Å². The van der Waals surface area contributed by atoms with Crippen molar-refractivity contribution in [3.05, 3.63) is 11.8 Å². The van der Waals surface area contributed by atoms with Crippen LogP contribution in [-0.2, 0) is 14.3 Å². The summed E-state index contributed by atoms with van der Waals surface area (Å²) in [4.78, 5) is 10.7. The van der Waals surface area contributed by atoms with Gasteiger partial charge in [-0.2, -0.15) is 0 Å². The van der Waals surface area contributed by atoms with Crippen molar-refractivity contribution in [1.29, 1.82) is 0 Å². The minimum Gasteiger partial charge on any atom is -0.428 e. The van der Waals surface area contributed by atoms with Gasteiger partial charge in [0.2, 0.25) is 0 Å². The summed E-state index contributed by atoms with van der Waals surface area (Å²) in [6.45, 7) is 2.72. The Bertz CT molecular complexity index is 225. The summed E-state index contributed by atoms with van der Waals surface area (Å²) in [5.41, 5.74) is -0.230. The van der Waals surface area contributed by atoms with E-state index in [-0.39, 0.29) is 11.6 Å². The maximum absolute atomic E-state index is 10.7. The number of cyclic esters (lactones) is 1. The predicted molar refractivity (Wildman–Crippen MR) is 37.8 cm³/mol. The average molecular weight is 154 g/mol. The summed E-state index contributed by atoms with van der Waals surface area (Å²) in [6, 6.07) is 0. The third kappa shape index (κ3) is 0.959.